The van der Waals surface area contributed by atoms with Crippen LogP contribution in [-0.2, 0) is 0 Å². The lowest BCUT2D eigenvalue weighted by Crippen LogP contribution is -2.25. The summed E-state index contributed by atoms with van der Waals surface area (Å²) < 4.78 is 11.6. The Balaban J connectivity index is 1.77. The van der Waals surface area contributed by atoms with Gasteiger partial charge in [-0.1, -0.05) is 25.5 Å². The van der Waals surface area contributed by atoms with Gasteiger partial charge in [0.15, 0.2) is 11.5 Å². The van der Waals surface area contributed by atoms with E-state index < -0.39 is 0 Å². The molecular weight excluding hydrogens is 238 g/mol. The number of hydrogen-bond donors (Lipinski definition) is 0. The Bertz CT molecular complexity index is 362. The Morgan fingerprint density at radius 2 is 1.63 bits per heavy atom. The molecular formula is C16H25NO2. The highest BCUT2D eigenvalue weighted by Gasteiger charge is 2.11. The van der Waals surface area contributed by atoms with E-state index in [0.29, 0.717) is 0 Å². The van der Waals surface area contributed by atoms with Gasteiger partial charge in [0.05, 0.1) is 6.61 Å². The molecule has 19 heavy (non-hydrogen) atoms. The zero-order valence-electron chi connectivity index (χ0n) is 11.9. The van der Waals surface area contributed by atoms with Crippen LogP contribution in [0.1, 0.15) is 32.6 Å². The average molecular weight is 263 g/mol. The first kappa shape index (κ1) is 14.2. The van der Waals surface area contributed by atoms with Crippen molar-refractivity contribution in [3.8, 4) is 11.5 Å². The molecule has 0 aromatic heterocycles. The van der Waals surface area contributed by atoms with E-state index in [-0.39, 0.29) is 0 Å². The first-order chi connectivity index (χ1) is 9.40. The van der Waals surface area contributed by atoms with Crippen molar-refractivity contribution in [2.24, 2.45) is 0 Å². The lowest BCUT2D eigenvalue weighted by molar-refractivity contribution is 0.223. The van der Waals surface area contributed by atoms with Gasteiger partial charge in [0.1, 0.15) is 6.61 Å². The standard InChI is InChI=1S/C16H25NO2/c1-2-3-13-18-15-8-4-5-9-16(15)19-14-12-17-10-6-7-11-17/h4-5,8-9H,2-3,6-7,10-14H2,1H3. The first-order valence-electron chi connectivity index (χ1n) is 7.47. The lowest BCUT2D eigenvalue weighted by atomic mass is 10.3. The van der Waals surface area contributed by atoms with Gasteiger partial charge in [0, 0.05) is 6.54 Å². The van der Waals surface area contributed by atoms with Gasteiger partial charge >= 0.3 is 0 Å². The highest BCUT2D eigenvalue weighted by molar-refractivity contribution is 5.39. The third-order valence-corrected chi connectivity index (χ3v) is 3.47. The van der Waals surface area contributed by atoms with E-state index in [1.165, 1.54) is 25.9 Å². The Labute approximate surface area is 116 Å². The van der Waals surface area contributed by atoms with E-state index in [1.807, 2.05) is 24.3 Å². The second-order valence-corrected chi connectivity index (χ2v) is 5.05. The molecule has 106 valence electrons. The van der Waals surface area contributed by atoms with Crippen molar-refractivity contribution in [1.29, 1.82) is 0 Å². The van der Waals surface area contributed by atoms with Crippen LogP contribution in [0, 0.1) is 0 Å². The molecule has 0 radical (unpaired) electrons. The summed E-state index contributed by atoms with van der Waals surface area (Å²) in [6.07, 6.45) is 4.90. The van der Waals surface area contributed by atoms with Crippen LogP contribution < -0.4 is 9.47 Å². The third kappa shape index (κ3) is 4.75. The minimum absolute atomic E-state index is 0.744. The topological polar surface area (TPSA) is 21.7 Å². The zero-order valence-corrected chi connectivity index (χ0v) is 11.9. The van der Waals surface area contributed by atoms with Gasteiger partial charge in [-0.05, 0) is 44.5 Å². The van der Waals surface area contributed by atoms with Crippen LogP contribution in [0.3, 0.4) is 0 Å². The molecule has 1 saturated heterocycles. The van der Waals surface area contributed by atoms with Crippen molar-refractivity contribution >= 4 is 0 Å². The number of rotatable bonds is 8. The van der Waals surface area contributed by atoms with Gasteiger partial charge in [0.25, 0.3) is 0 Å². The van der Waals surface area contributed by atoms with Crippen molar-refractivity contribution < 1.29 is 9.47 Å². The van der Waals surface area contributed by atoms with Crippen molar-refractivity contribution in [3.63, 3.8) is 0 Å². The van der Waals surface area contributed by atoms with Gasteiger partial charge < -0.3 is 9.47 Å². The summed E-state index contributed by atoms with van der Waals surface area (Å²) in [4.78, 5) is 2.46. The summed E-state index contributed by atoms with van der Waals surface area (Å²) >= 11 is 0. The van der Waals surface area contributed by atoms with Crippen LogP contribution in [0.2, 0.25) is 0 Å². The SMILES string of the molecule is CCCCOc1ccccc1OCCN1CCCC1. The fraction of sp³-hybridized carbons (Fsp3) is 0.625. The van der Waals surface area contributed by atoms with Crippen LogP contribution in [-0.4, -0.2) is 37.7 Å². The fourth-order valence-electron chi connectivity index (χ4n) is 2.31. The second kappa shape index (κ2) is 8.05. The molecule has 0 unspecified atom stereocenters. The Morgan fingerprint density at radius 3 is 2.26 bits per heavy atom. The maximum absolute atomic E-state index is 5.86. The molecule has 3 nitrogen and oxygen atoms in total. The number of nitrogens with zero attached hydrogens (tertiary/aromatic N) is 1. The maximum Gasteiger partial charge on any atom is 0.161 e. The molecule has 0 saturated carbocycles. The highest BCUT2D eigenvalue weighted by atomic mass is 16.5. The molecule has 2 rings (SSSR count). The molecule has 1 aliphatic rings. The smallest absolute Gasteiger partial charge is 0.161 e. The average Bonchev–Trinajstić information content (AvgIpc) is 2.94. The van der Waals surface area contributed by atoms with E-state index in [2.05, 4.69) is 11.8 Å². The number of ether oxygens (including phenoxy) is 2. The van der Waals surface area contributed by atoms with Crippen LogP contribution >= 0.6 is 0 Å². The van der Waals surface area contributed by atoms with Crippen molar-refractivity contribution in [3.05, 3.63) is 24.3 Å². The van der Waals surface area contributed by atoms with E-state index in [9.17, 15) is 0 Å². The minimum atomic E-state index is 0.744. The number of para-hydroxylation sites is 2. The molecule has 0 aliphatic carbocycles. The molecule has 1 aliphatic heterocycles. The zero-order chi connectivity index (χ0) is 13.3. The van der Waals surface area contributed by atoms with E-state index in [0.717, 1.165) is 44.1 Å². The van der Waals surface area contributed by atoms with Crippen LogP contribution in [0.5, 0.6) is 11.5 Å². The van der Waals surface area contributed by atoms with E-state index in [4.69, 9.17) is 9.47 Å². The van der Waals surface area contributed by atoms with E-state index >= 15 is 0 Å². The number of hydrogen-bond acceptors (Lipinski definition) is 3. The molecule has 0 bridgehead atoms. The molecule has 1 fully saturated rings. The van der Waals surface area contributed by atoms with Crippen LogP contribution in [0.15, 0.2) is 24.3 Å². The Morgan fingerprint density at radius 1 is 1.00 bits per heavy atom. The second-order valence-electron chi connectivity index (χ2n) is 5.05. The molecule has 1 heterocycles. The summed E-state index contributed by atoms with van der Waals surface area (Å²) in [6.45, 7) is 7.14. The third-order valence-electron chi connectivity index (χ3n) is 3.47. The lowest BCUT2D eigenvalue weighted by Gasteiger charge is -2.16. The Kier molecular flexibility index (Phi) is 6.02. The number of likely N-dealkylation sites (tertiary alicyclic amines) is 1. The monoisotopic (exact) mass is 263 g/mol. The number of benzene rings is 1. The molecule has 1 aromatic carbocycles. The predicted molar refractivity (Wildman–Crippen MR) is 78.0 cm³/mol. The van der Waals surface area contributed by atoms with Crippen molar-refractivity contribution in [2.45, 2.75) is 32.6 Å². The van der Waals surface area contributed by atoms with Gasteiger partial charge in [0.2, 0.25) is 0 Å². The molecule has 0 N–H and O–H groups in total. The molecule has 0 atom stereocenters. The van der Waals surface area contributed by atoms with Gasteiger partial charge in [-0.25, -0.2) is 0 Å². The van der Waals surface area contributed by atoms with Crippen LogP contribution in [0.4, 0.5) is 0 Å². The molecule has 3 heteroatoms. The van der Waals surface area contributed by atoms with Crippen molar-refractivity contribution in [1.82, 2.24) is 4.90 Å². The summed E-state index contributed by atoms with van der Waals surface area (Å²) in [6, 6.07) is 7.97. The minimum Gasteiger partial charge on any atom is -0.490 e. The summed E-state index contributed by atoms with van der Waals surface area (Å²) in [5.41, 5.74) is 0. The van der Waals surface area contributed by atoms with Gasteiger partial charge in [-0.2, -0.15) is 0 Å². The molecule has 0 amide bonds. The number of unbranched alkanes of at least 4 members (excludes halogenated alkanes) is 1. The van der Waals surface area contributed by atoms with Crippen LogP contribution in [0.25, 0.3) is 0 Å². The van der Waals surface area contributed by atoms with Gasteiger partial charge in [-0.15, -0.1) is 0 Å². The van der Waals surface area contributed by atoms with E-state index in [1.54, 1.807) is 0 Å². The normalized spacial score (nSPS) is 15.6. The first-order valence-corrected chi connectivity index (χ1v) is 7.47. The fourth-order valence-corrected chi connectivity index (χ4v) is 2.31. The highest BCUT2D eigenvalue weighted by Crippen LogP contribution is 2.26. The largest absolute Gasteiger partial charge is 0.490 e. The maximum atomic E-state index is 5.86. The predicted octanol–water partition coefficient (Wildman–Crippen LogP) is 3.34. The summed E-state index contributed by atoms with van der Waals surface area (Å²) in [5, 5.41) is 0. The van der Waals surface area contributed by atoms with Gasteiger partial charge in [-0.3, -0.25) is 4.90 Å². The molecule has 0 spiro atoms. The van der Waals surface area contributed by atoms with Crippen molar-refractivity contribution in [2.75, 3.05) is 32.8 Å². The summed E-state index contributed by atoms with van der Waals surface area (Å²) in [7, 11) is 0. The summed E-state index contributed by atoms with van der Waals surface area (Å²) in [5.74, 6) is 1.75. The molecule has 1 aromatic rings. The quantitative estimate of drug-likeness (QED) is 0.671. The Hall–Kier alpha value is -1.22.